The molecule has 106 valence electrons. The molecule has 0 aliphatic heterocycles. The number of carbonyl (C=O) groups is 1. The van der Waals surface area contributed by atoms with Gasteiger partial charge in [0.25, 0.3) is 0 Å². The van der Waals surface area contributed by atoms with Crippen molar-refractivity contribution in [3.8, 4) is 0 Å². The van der Waals surface area contributed by atoms with E-state index in [9.17, 15) is 4.79 Å². The van der Waals surface area contributed by atoms with Crippen molar-refractivity contribution in [3.05, 3.63) is 65.9 Å². The summed E-state index contributed by atoms with van der Waals surface area (Å²) in [6, 6.07) is 17.8. The minimum Gasteiger partial charge on any atom is -0.461 e. The first-order valence-electron chi connectivity index (χ1n) is 6.96. The molecule has 2 aromatic carbocycles. The maximum atomic E-state index is 12.0. The summed E-state index contributed by atoms with van der Waals surface area (Å²) in [5, 5.41) is 5.27. The molecule has 0 radical (unpaired) electrons. The molecule has 3 rings (SSSR count). The van der Waals surface area contributed by atoms with Crippen LogP contribution in [0.25, 0.3) is 10.9 Å². The van der Waals surface area contributed by atoms with Gasteiger partial charge in [-0.3, -0.25) is 4.68 Å². The van der Waals surface area contributed by atoms with Crippen LogP contribution in [0.1, 0.15) is 23.0 Å². The molecule has 0 unspecified atom stereocenters. The highest BCUT2D eigenvalue weighted by molar-refractivity contribution is 6.02. The molecule has 0 aliphatic carbocycles. The Bertz CT molecular complexity index is 763. The molecule has 4 heteroatoms. The zero-order valence-corrected chi connectivity index (χ0v) is 11.8. The zero-order chi connectivity index (χ0) is 14.7. The molecule has 0 fully saturated rings. The number of ether oxygens (including phenoxy) is 1. The molecule has 1 heterocycles. The van der Waals surface area contributed by atoms with E-state index in [0.717, 1.165) is 16.5 Å². The number of hydrogen-bond acceptors (Lipinski definition) is 3. The first-order chi connectivity index (χ1) is 10.3. The highest BCUT2D eigenvalue weighted by atomic mass is 16.5. The standard InChI is InChI=1S/C17H16N2O2/c1-2-21-17(20)16-14-10-6-7-11-15(14)19(18-16)12-13-8-4-3-5-9-13/h3-11H,2,12H2,1H3. The molecule has 0 saturated carbocycles. The molecular weight excluding hydrogens is 264 g/mol. The van der Waals surface area contributed by atoms with E-state index in [-0.39, 0.29) is 5.97 Å². The van der Waals surface area contributed by atoms with Gasteiger partial charge < -0.3 is 4.74 Å². The molecule has 0 aliphatic rings. The summed E-state index contributed by atoms with van der Waals surface area (Å²) in [7, 11) is 0. The fourth-order valence-electron chi connectivity index (χ4n) is 2.35. The summed E-state index contributed by atoms with van der Waals surface area (Å²) in [5.74, 6) is -0.375. The highest BCUT2D eigenvalue weighted by Crippen LogP contribution is 2.20. The maximum absolute atomic E-state index is 12.0. The zero-order valence-electron chi connectivity index (χ0n) is 11.8. The van der Waals surface area contributed by atoms with Gasteiger partial charge in [0.2, 0.25) is 0 Å². The predicted octanol–water partition coefficient (Wildman–Crippen LogP) is 3.26. The number of para-hydroxylation sites is 1. The number of rotatable bonds is 4. The predicted molar refractivity (Wildman–Crippen MR) is 81.2 cm³/mol. The third-order valence-electron chi connectivity index (χ3n) is 3.30. The Morgan fingerprint density at radius 1 is 1.10 bits per heavy atom. The molecule has 0 saturated heterocycles. The van der Waals surface area contributed by atoms with Gasteiger partial charge in [0.1, 0.15) is 0 Å². The van der Waals surface area contributed by atoms with Crippen molar-refractivity contribution in [1.29, 1.82) is 0 Å². The molecule has 0 N–H and O–H groups in total. The summed E-state index contributed by atoms with van der Waals surface area (Å²) in [6.45, 7) is 2.76. The van der Waals surface area contributed by atoms with Crippen LogP contribution in [0.2, 0.25) is 0 Å². The summed E-state index contributed by atoms with van der Waals surface area (Å²) < 4.78 is 6.93. The van der Waals surface area contributed by atoms with E-state index in [1.54, 1.807) is 6.92 Å². The third kappa shape index (κ3) is 2.65. The lowest BCUT2D eigenvalue weighted by atomic mass is 10.2. The number of hydrogen-bond donors (Lipinski definition) is 0. The smallest absolute Gasteiger partial charge is 0.359 e. The van der Waals surface area contributed by atoms with Gasteiger partial charge >= 0.3 is 5.97 Å². The van der Waals surface area contributed by atoms with Crippen LogP contribution in [-0.4, -0.2) is 22.4 Å². The Morgan fingerprint density at radius 3 is 2.57 bits per heavy atom. The number of esters is 1. The molecule has 21 heavy (non-hydrogen) atoms. The average molecular weight is 280 g/mol. The Hall–Kier alpha value is -2.62. The van der Waals surface area contributed by atoms with Crippen LogP contribution in [0.4, 0.5) is 0 Å². The second-order valence-electron chi connectivity index (χ2n) is 4.73. The number of nitrogens with zero attached hydrogens (tertiary/aromatic N) is 2. The summed E-state index contributed by atoms with van der Waals surface area (Å²) >= 11 is 0. The van der Waals surface area contributed by atoms with Gasteiger partial charge in [-0.1, -0.05) is 48.5 Å². The quantitative estimate of drug-likeness (QED) is 0.689. The molecular formula is C17H16N2O2. The molecule has 0 bridgehead atoms. The van der Waals surface area contributed by atoms with E-state index in [4.69, 9.17) is 4.74 Å². The van der Waals surface area contributed by atoms with E-state index in [0.29, 0.717) is 18.8 Å². The van der Waals surface area contributed by atoms with Crippen LogP contribution in [-0.2, 0) is 11.3 Å². The Morgan fingerprint density at radius 2 is 1.81 bits per heavy atom. The normalized spacial score (nSPS) is 10.7. The molecule has 3 aromatic rings. The Labute approximate surface area is 123 Å². The number of fused-ring (bicyclic) bond motifs is 1. The van der Waals surface area contributed by atoms with Crippen molar-refractivity contribution in [1.82, 2.24) is 9.78 Å². The number of benzene rings is 2. The van der Waals surface area contributed by atoms with Crippen LogP contribution in [0, 0.1) is 0 Å². The van der Waals surface area contributed by atoms with Gasteiger partial charge in [0, 0.05) is 5.39 Å². The van der Waals surface area contributed by atoms with Gasteiger partial charge in [-0.15, -0.1) is 0 Å². The monoisotopic (exact) mass is 280 g/mol. The summed E-state index contributed by atoms with van der Waals surface area (Å²) in [4.78, 5) is 12.0. The lowest BCUT2D eigenvalue weighted by Crippen LogP contribution is -2.08. The topological polar surface area (TPSA) is 44.1 Å². The van der Waals surface area contributed by atoms with E-state index in [1.165, 1.54) is 0 Å². The van der Waals surface area contributed by atoms with Gasteiger partial charge in [-0.2, -0.15) is 5.10 Å². The lowest BCUT2D eigenvalue weighted by Gasteiger charge is -2.03. The van der Waals surface area contributed by atoms with Crippen LogP contribution in [0.5, 0.6) is 0 Å². The van der Waals surface area contributed by atoms with Crippen molar-refractivity contribution < 1.29 is 9.53 Å². The first-order valence-corrected chi connectivity index (χ1v) is 6.96. The lowest BCUT2D eigenvalue weighted by molar-refractivity contribution is 0.0520. The second kappa shape index (κ2) is 5.79. The summed E-state index contributed by atoms with van der Waals surface area (Å²) in [5.41, 5.74) is 2.45. The fourth-order valence-corrected chi connectivity index (χ4v) is 2.35. The van der Waals surface area contributed by atoms with Crippen molar-refractivity contribution in [2.45, 2.75) is 13.5 Å². The van der Waals surface area contributed by atoms with Gasteiger partial charge in [0.05, 0.1) is 18.7 Å². The van der Waals surface area contributed by atoms with E-state index in [2.05, 4.69) is 5.10 Å². The molecule has 4 nitrogen and oxygen atoms in total. The fraction of sp³-hybridized carbons (Fsp3) is 0.176. The SMILES string of the molecule is CCOC(=O)c1nn(Cc2ccccc2)c2ccccc12. The van der Waals surface area contributed by atoms with Crippen molar-refractivity contribution in [2.24, 2.45) is 0 Å². The van der Waals surface area contributed by atoms with Gasteiger partial charge in [-0.25, -0.2) is 4.79 Å². The molecule has 1 aromatic heterocycles. The first kappa shape index (κ1) is 13.4. The van der Waals surface area contributed by atoms with E-state index in [1.807, 2.05) is 59.3 Å². The van der Waals surface area contributed by atoms with Crippen LogP contribution >= 0.6 is 0 Å². The minimum absolute atomic E-state index is 0.346. The Kier molecular flexibility index (Phi) is 3.69. The maximum Gasteiger partial charge on any atom is 0.359 e. The van der Waals surface area contributed by atoms with E-state index >= 15 is 0 Å². The van der Waals surface area contributed by atoms with E-state index < -0.39 is 0 Å². The highest BCUT2D eigenvalue weighted by Gasteiger charge is 2.17. The van der Waals surface area contributed by atoms with Crippen LogP contribution < -0.4 is 0 Å². The molecule has 0 atom stereocenters. The largest absolute Gasteiger partial charge is 0.461 e. The van der Waals surface area contributed by atoms with Gasteiger partial charge in [0.15, 0.2) is 5.69 Å². The van der Waals surface area contributed by atoms with Crippen molar-refractivity contribution >= 4 is 16.9 Å². The molecule has 0 spiro atoms. The van der Waals surface area contributed by atoms with Crippen LogP contribution in [0.15, 0.2) is 54.6 Å². The van der Waals surface area contributed by atoms with Gasteiger partial charge in [-0.05, 0) is 18.6 Å². The molecule has 0 amide bonds. The number of aromatic nitrogens is 2. The summed E-state index contributed by atoms with van der Waals surface area (Å²) in [6.07, 6.45) is 0. The third-order valence-corrected chi connectivity index (χ3v) is 3.30. The van der Waals surface area contributed by atoms with Crippen molar-refractivity contribution in [3.63, 3.8) is 0 Å². The second-order valence-corrected chi connectivity index (χ2v) is 4.73. The minimum atomic E-state index is -0.375. The Balaban J connectivity index is 2.05. The van der Waals surface area contributed by atoms with Crippen LogP contribution in [0.3, 0.4) is 0 Å². The van der Waals surface area contributed by atoms with Crippen molar-refractivity contribution in [2.75, 3.05) is 6.61 Å². The average Bonchev–Trinajstić information content (AvgIpc) is 2.88. The number of carbonyl (C=O) groups excluding carboxylic acids is 1.